The Hall–Kier alpha value is -1.07. The van der Waals surface area contributed by atoms with Crippen LogP contribution >= 0.6 is 11.8 Å². The van der Waals surface area contributed by atoms with Crippen LogP contribution in [0.1, 0.15) is 37.8 Å². The summed E-state index contributed by atoms with van der Waals surface area (Å²) in [7, 11) is 0. The molecule has 1 aromatic carbocycles. The quantitative estimate of drug-likeness (QED) is 0.856. The summed E-state index contributed by atoms with van der Waals surface area (Å²) in [5.74, 6) is -0.611. The molecule has 1 N–H and O–H groups in total. The number of hydrogen-bond donors (Lipinski definition) is 1. The monoisotopic (exact) mass is 323 g/mol. The van der Waals surface area contributed by atoms with Gasteiger partial charge in [-0.05, 0) is 49.6 Å². The van der Waals surface area contributed by atoms with E-state index in [1.165, 1.54) is 11.8 Å². The van der Waals surface area contributed by atoms with Crippen LogP contribution in [0, 0.1) is 17.2 Å². The number of carbonyl (C=O) groups is 1. The maximum absolute atomic E-state index is 14.0. The number of carboxylic acid groups (broad SMARTS) is 1. The summed E-state index contributed by atoms with van der Waals surface area (Å²) in [6, 6.07) is 5.42. The highest BCUT2D eigenvalue weighted by Crippen LogP contribution is 2.50. The van der Waals surface area contributed by atoms with Gasteiger partial charge in [0.2, 0.25) is 0 Å². The number of thioether (sulfide) groups is 1. The first kappa shape index (κ1) is 15.8. The molecule has 5 heteroatoms. The van der Waals surface area contributed by atoms with Crippen LogP contribution in [0.25, 0.3) is 0 Å². The predicted molar refractivity (Wildman–Crippen MR) is 85.6 cm³/mol. The lowest BCUT2D eigenvalue weighted by atomic mass is 9.81. The van der Waals surface area contributed by atoms with E-state index in [9.17, 15) is 14.3 Å². The number of nitrogens with zero attached hydrogens (tertiary/aromatic N) is 1. The molecule has 0 bridgehead atoms. The van der Waals surface area contributed by atoms with E-state index in [4.69, 9.17) is 0 Å². The number of fused-ring (bicyclic) bond motifs is 1. The first-order valence-electron chi connectivity index (χ1n) is 7.79. The van der Waals surface area contributed by atoms with E-state index in [0.29, 0.717) is 11.4 Å². The molecule has 0 spiro atoms. The molecule has 0 amide bonds. The van der Waals surface area contributed by atoms with Gasteiger partial charge in [0.1, 0.15) is 5.82 Å². The lowest BCUT2D eigenvalue weighted by molar-refractivity contribution is -0.149. The molecular formula is C17H22FNO2S. The SMILES string of the molecule is CSc1ccc(C(C)N2C[C@@H]3CCC[C@@]3(C(=O)O)C2)cc1F. The number of halogens is 1. The van der Waals surface area contributed by atoms with Gasteiger partial charge in [-0.15, -0.1) is 11.8 Å². The molecule has 1 aromatic rings. The van der Waals surface area contributed by atoms with Crippen LogP contribution in [0.2, 0.25) is 0 Å². The van der Waals surface area contributed by atoms with Crippen LogP contribution < -0.4 is 0 Å². The first-order chi connectivity index (χ1) is 10.5. The highest BCUT2D eigenvalue weighted by atomic mass is 32.2. The summed E-state index contributed by atoms with van der Waals surface area (Å²) in [5, 5.41) is 9.67. The van der Waals surface area contributed by atoms with E-state index < -0.39 is 11.4 Å². The van der Waals surface area contributed by atoms with E-state index in [1.54, 1.807) is 6.07 Å². The van der Waals surface area contributed by atoms with E-state index in [-0.39, 0.29) is 17.8 Å². The van der Waals surface area contributed by atoms with Gasteiger partial charge >= 0.3 is 5.97 Å². The number of aliphatic carboxylic acids is 1. The van der Waals surface area contributed by atoms with E-state index >= 15 is 0 Å². The van der Waals surface area contributed by atoms with Gasteiger partial charge in [-0.25, -0.2) is 4.39 Å². The average Bonchev–Trinajstić information content (AvgIpc) is 3.04. The van der Waals surface area contributed by atoms with Crippen molar-refractivity contribution in [2.24, 2.45) is 11.3 Å². The third-order valence-electron chi connectivity index (χ3n) is 5.53. The summed E-state index contributed by atoms with van der Waals surface area (Å²) < 4.78 is 14.0. The number of hydrogen-bond acceptors (Lipinski definition) is 3. The molecule has 2 aliphatic rings. The highest BCUT2D eigenvalue weighted by Gasteiger charge is 2.55. The smallest absolute Gasteiger partial charge is 0.311 e. The van der Waals surface area contributed by atoms with E-state index in [0.717, 1.165) is 31.4 Å². The second kappa shape index (κ2) is 5.85. The Bertz CT molecular complexity index is 594. The highest BCUT2D eigenvalue weighted by molar-refractivity contribution is 7.98. The summed E-state index contributed by atoms with van der Waals surface area (Å²) in [5.41, 5.74) is 0.349. The predicted octanol–water partition coefficient (Wildman–Crippen LogP) is 3.80. The van der Waals surface area contributed by atoms with Crippen LogP contribution in [-0.2, 0) is 4.79 Å². The van der Waals surface area contributed by atoms with Gasteiger partial charge in [0.15, 0.2) is 0 Å². The zero-order chi connectivity index (χ0) is 15.9. The molecular weight excluding hydrogens is 301 g/mol. The van der Waals surface area contributed by atoms with Crippen molar-refractivity contribution in [1.29, 1.82) is 0 Å². The number of carboxylic acids is 1. The molecule has 2 fully saturated rings. The topological polar surface area (TPSA) is 40.5 Å². The van der Waals surface area contributed by atoms with Crippen molar-refractivity contribution in [1.82, 2.24) is 4.90 Å². The molecule has 1 saturated carbocycles. The molecule has 120 valence electrons. The summed E-state index contributed by atoms with van der Waals surface area (Å²) in [4.78, 5) is 14.6. The fourth-order valence-electron chi connectivity index (χ4n) is 4.13. The molecule has 0 aromatic heterocycles. The van der Waals surface area contributed by atoms with E-state index in [2.05, 4.69) is 4.90 Å². The van der Waals surface area contributed by atoms with Crippen molar-refractivity contribution in [3.05, 3.63) is 29.6 Å². The van der Waals surface area contributed by atoms with Gasteiger partial charge in [-0.1, -0.05) is 12.5 Å². The van der Waals surface area contributed by atoms with Gasteiger partial charge in [-0.3, -0.25) is 9.69 Å². The van der Waals surface area contributed by atoms with Crippen molar-refractivity contribution in [3.63, 3.8) is 0 Å². The molecule has 3 rings (SSSR count). The minimum atomic E-state index is -0.659. The Morgan fingerprint density at radius 2 is 2.32 bits per heavy atom. The molecule has 1 heterocycles. The minimum absolute atomic E-state index is 0.0484. The fraction of sp³-hybridized carbons (Fsp3) is 0.588. The molecule has 22 heavy (non-hydrogen) atoms. The van der Waals surface area contributed by atoms with Crippen molar-refractivity contribution in [2.75, 3.05) is 19.3 Å². The zero-order valence-corrected chi connectivity index (χ0v) is 13.8. The third-order valence-corrected chi connectivity index (χ3v) is 6.30. The average molecular weight is 323 g/mol. The Labute approximate surface area is 134 Å². The lowest BCUT2D eigenvalue weighted by Crippen LogP contribution is -2.36. The van der Waals surface area contributed by atoms with Crippen LogP contribution in [-0.4, -0.2) is 35.3 Å². The van der Waals surface area contributed by atoms with Crippen molar-refractivity contribution >= 4 is 17.7 Å². The molecule has 1 aliphatic carbocycles. The van der Waals surface area contributed by atoms with Crippen LogP contribution in [0.5, 0.6) is 0 Å². The Kier molecular flexibility index (Phi) is 4.21. The van der Waals surface area contributed by atoms with Gasteiger partial charge in [-0.2, -0.15) is 0 Å². The minimum Gasteiger partial charge on any atom is -0.481 e. The van der Waals surface area contributed by atoms with Gasteiger partial charge < -0.3 is 5.11 Å². The summed E-state index contributed by atoms with van der Waals surface area (Å²) in [6.07, 6.45) is 4.64. The van der Waals surface area contributed by atoms with Gasteiger partial charge in [0.25, 0.3) is 0 Å². The first-order valence-corrected chi connectivity index (χ1v) is 9.01. The zero-order valence-electron chi connectivity index (χ0n) is 13.0. The van der Waals surface area contributed by atoms with Gasteiger partial charge in [0.05, 0.1) is 5.41 Å². The van der Waals surface area contributed by atoms with Crippen molar-refractivity contribution < 1.29 is 14.3 Å². The largest absolute Gasteiger partial charge is 0.481 e. The number of rotatable bonds is 4. The lowest BCUT2D eigenvalue weighted by Gasteiger charge is -2.27. The van der Waals surface area contributed by atoms with Crippen molar-refractivity contribution in [3.8, 4) is 0 Å². The summed E-state index contributed by atoms with van der Waals surface area (Å²) >= 11 is 1.40. The van der Waals surface area contributed by atoms with Crippen LogP contribution in [0.4, 0.5) is 4.39 Å². The molecule has 3 atom stereocenters. The van der Waals surface area contributed by atoms with Crippen LogP contribution in [0.15, 0.2) is 23.1 Å². The Morgan fingerprint density at radius 1 is 1.55 bits per heavy atom. The third kappa shape index (κ3) is 2.44. The molecule has 1 unspecified atom stereocenters. The van der Waals surface area contributed by atoms with Crippen molar-refractivity contribution in [2.45, 2.75) is 37.1 Å². The number of benzene rings is 1. The summed E-state index contributed by atoms with van der Waals surface area (Å²) in [6.45, 7) is 3.43. The maximum atomic E-state index is 14.0. The van der Waals surface area contributed by atoms with Gasteiger partial charge in [0, 0.05) is 24.0 Å². The molecule has 3 nitrogen and oxygen atoms in total. The Morgan fingerprint density at radius 3 is 2.91 bits per heavy atom. The second-order valence-electron chi connectivity index (χ2n) is 6.55. The normalized spacial score (nSPS) is 29.5. The van der Waals surface area contributed by atoms with Crippen LogP contribution in [0.3, 0.4) is 0 Å². The van der Waals surface area contributed by atoms with E-state index in [1.807, 2.05) is 25.3 Å². The fourth-order valence-corrected chi connectivity index (χ4v) is 4.58. The number of likely N-dealkylation sites (tertiary alicyclic amines) is 1. The molecule has 1 saturated heterocycles. The maximum Gasteiger partial charge on any atom is 0.311 e. The Balaban J connectivity index is 1.81. The molecule has 0 radical (unpaired) electrons. The standard InChI is InChI=1S/C17H22FNO2S/c1-11(12-5-6-15(22-2)14(18)8-12)19-9-13-4-3-7-17(13,10-19)16(20)21/h5-6,8,11,13H,3-4,7,9-10H2,1-2H3,(H,20,21)/t11?,13-,17+/m0/s1. The second-order valence-corrected chi connectivity index (χ2v) is 7.40. The molecule has 1 aliphatic heterocycles.